The Morgan fingerprint density at radius 1 is 1.00 bits per heavy atom. The number of rotatable bonds is 3. The quantitative estimate of drug-likeness (QED) is 0.582. The van der Waals surface area contributed by atoms with Crippen LogP contribution in [0.5, 0.6) is 0 Å². The lowest BCUT2D eigenvalue weighted by Gasteiger charge is -2.08. The highest BCUT2D eigenvalue weighted by Crippen LogP contribution is 2.51. The van der Waals surface area contributed by atoms with Crippen LogP contribution in [0.1, 0.15) is 0 Å². The number of hydrogen-bond donors (Lipinski definition) is 1. The summed E-state index contributed by atoms with van der Waals surface area (Å²) >= 11 is 0. The zero-order chi connectivity index (χ0) is 6.62. The maximum absolute atomic E-state index is 5.34. The van der Waals surface area contributed by atoms with Crippen LogP contribution in [0.3, 0.4) is 0 Å². The molecule has 0 bridgehead atoms. The van der Waals surface area contributed by atoms with Crippen LogP contribution < -0.4 is 5.50 Å². The summed E-state index contributed by atoms with van der Waals surface area (Å²) in [6.45, 7) is 0. The molecule has 0 aromatic carbocycles. The van der Waals surface area contributed by atoms with Gasteiger partial charge in [0.05, 0.1) is 21.3 Å². The maximum atomic E-state index is 5.34. The molecule has 0 spiro atoms. The van der Waals surface area contributed by atoms with E-state index in [1.807, 2.05) is 0 Å². The fraction of sp³-hybridized carbons (Fsp3) is 1.00. The van der Waals surface area contributed by atoms with Gasteiger partial charge in [0.15, 0.2) is 0 Å². The van der Waals surface area contributed by atoms with E-state index < -0.39 is 8.09 Å². The molecule has 5 heteroatoms. The first-order valence-corrected chi connectivity index (χ1v) is 3.64. The van der Waals surface area contributed by atoms with Gasteiger partial charge in [-0.1, -0.05) is 0 Å². The van der Waals surface area contributed by atoms with Crippen LogP contribution in [0.4, 0.5) is 0 Å². The van der Waals surface area contributed by atoms with E-state index in [0.29, 0.717) is 0 Å². The molecule has 0 heterocycles. The first-order chi connectivity index (χ1) is 3.68. The molecule has 0 saturated carbocycles. The third kappa shape index (κ3) is 2.03. The van der Waals surface area contributed by atoms with E-state index in [0.717, 1.165) is 0 Å². The van der Waals surface area contributed by atoms with Crippen molar-refractivity contribution in [2.24, 2.45) is 5.50 Å². The van der Waals surface area contributed by atoms with Gasteiger partial charge < -0.3 is 0 Å². The third-order valence-electron chi connectivity index (χ3n) is 0.763. The molecule has 0 unspecified atom stereocenters. The minimum Gasteiger partial charge on any atom is -0.166 e. The van der Waals surface area contributed by atoms with Gasteiger partial charge in [0.25, 0.3) is 0 Å². The predicted molar refractivity (Wildman–Crippen MR) is 32.1 cm³/mol. The molecule has 0 aromatic heterocycles. The van der Waals surface area contributed by atoms with Crippen molar-refractivity contribution >= 4 is 8.09 Å². The molecule has 0 aliphatic heterocycles. The molecule has 0 aromatic rings. The van der Waals surface area contributed by atoms with E-state index in [1.165, 1.54) is 21.3 Å². The molecule has 0 saturated heterocycles. The molecular weight excluding hydrogens is 129 g/mol. The van der Waals surface area contributed by atoms with E-state index in [4.69, 9.17) is 5.50 Å². The topological polar surface area (TPSA) is 53.7 Å². The van der Waals surface area contributed by atoms with E-state index in [9.17, 15) is 0 Å². The van der Waals surface area contributed by atoms with Gasteiger partial charge in [-0.15, -0.1) is 5.50 Å². The van der Waals surface area contributed by atoms with Gasteiger partial charge in [-0.05, 0) is 0 Å². The second kappa shape index (κ2) is 3.33. The van der Waals surface area contributed by atoms with Crippen LogP contribution in [0.2, 0.25) is 0 Å². The highest BCUT2D eigenvalue weighted by molar-refractivity contribution is 7.59. The van der Waals surface area contributed by atoms with Crippen molar-refractivity contribution in [2.45, 2.75) is 0 Å². The van der Waals surface area contributed by atoms with Crippen LogP contribution in [0.15, 0.2) is 0 Å². The third-order valence-corrected chi connectivity index (χ3v) is 2.29. The lowest BCUT2D eigenvalue weighted by molar-refractivity contribution is 0.211. The standard InChI is InChI=1S/C3H11NO3P/c1-5-8(4,6-2)7-3/h4H2,1-3H3/q+1. The van der Waals surface area contributed by atoms with E-state index in [-0.39, 0.29) is 0 Å². The van der Waals surface area contributed by atoms with Gasteiger partial charge in [-0.2, -0.15) is 13.6 Å². The van der Waals surface area contributed by atoms with Gasteiger partial charge in [-0.3, -0.25) is 0 Å². The van der Waals surface area contributed by atoms with Crippen molar-refractivity contribution < 1.29 is 13.6 Å². The van der Waals surface area contributed by atoms with E-state index >= 15 is 0 Å². The zero-order valence-corrected chi connectivity index (χ0v) is 6.14. The largest absolute Gasteiger partial charge is 0.498 e. The Kier molecular flexibility index (Phi) is 3.44. The summed E-state index contributed by atoms with van der Waals surface area (Å²) in [5.41, 5.74) is 5.34. The molecule has 0 fully saturated rings. The lowest BCUT2D eigenvalue weighted by Crippen LogP contribution is -2.09. The molecule has 0 rings (SSSR count). The summed E-state index contributed by atoms with van der Waals surface area (Å²) in [7, 11) is 1.92. The highest BCUT2D eigenvalue weighted by Gasteiger charge is 2.35. The molecule has 8 heavy (non-hydrogen) atoms. The molecule has 0 radical (unpaired) electrons. The van der Waals surface area contributed by atoms with Crippen molar-refractivity contribution in [3.8, 4) is 0 Å². The molecule has 0 aliphatic rings. The molecule has 0 aliphatic carbocycles. The normalized spacial score (nSPS) is 12.0. The highest BCUT2D eigenvalue weighted by atomic mass is 31.2. The van der Waals surface area contributed by atoms with Crippen molar-refractivity contribution in [3.63, 3.8) is 0 Å². The van der Waals surface area contributed by atoms with Gasteiger partial charge in [-0.25, -0.2) is 0 Å². The summed E-state index contributed by atoms with van der Waals surface area (Å²) in [5.74, 6) is 0. The minimum atomic E-state index is -2.41. The predicted octanol–water partition coefficient (Wildman–Crippen LogP) is 0.562. The Morgan fingerprint density at radius 2 is 1.25 bits per heavy atom. The molecule has 50 valence electrons. The monoisotopic (exact) mass is 140 g/mol. The smallest absolute Gasteiger partial charge is 0.166 e. The Labute approximate surface area is 49.6 Å². The number of hydrogen-bond acceptors (Lipinski definition) is 4. The van der Waals surface area contributed by atoms with Gasteiger partial charge in [0.2, 0.25) is 0 Å². The first-order valence-electron chi connectivity index (χ1n) is 2.03. The van der Waals surface area contributed by atoms with Crippen molar-refractivity contribution in [3.05, 3.63) is 0 Å². The van der Waals surface area contributed by atoms with Crippen LogP contribution in [0.25, 0.3) is 0 Å². The summed E-state index contributed by atoms with van der Waals surface area (Å²) in [6, 6.07) is 0. The van der Waals surface area contributed by atoms with Crippen molar-refractivity contribution in [1.29, 1.82) is 0 Å². The van der Waals surface area contributed by atoms with Crippen LogP contribution >= 0.6 is 8.09 Å². The van der Waals surface area contributed by atoms with Crippen LogP contribution in [-0.4, -0.2) is 21.3 Å². The maximum Gasteiger partial charge on any atom is 0.498 e. The Morgan fingerprint density at radius 3 is 1.25 bits per heavy atom. The summed E-state index contributed by atoms with van der Waals surface area (Å²) < 4.78 is 14.0. The fourth-order valence-corrected chi connectivity index (χ4v) is 0.671. The molecule has 0 amide bonds. The van der Waals surface area contributed by atoms with Crippen molar-refractivity contribution in [1.82, 2.24) is 0 Å². The van der Waals surface area contributed by atoms with E-state index in [2.05, 4.69) is 13.6 Å². The SMILES string of the molecule is CO[P+](N)(OC)OC. The average Bonchev–Trinajstić information content (AvgIpc) is 1.87. The van der Waals surface area contributed by atoms with Gasteiger partial charge in [0, 0.05) is 0 Å². The zero-order valence-electron chi connectivity index (χ0n) is 5.25. The van der Waals surface area contributed by atoms with Crippen molar-refractivity contribution in [2.75, 3.05) is 21.3 Å². The molecule has 4 nitrogen and oxygen atoms in total. The minimum absolute atomic E-state index is 1.45. The Bertz CT molecular complexity index is 57.3. The lowest BCUT2D eigenvalue weighted by atomic mass is 11.8. The molecular formula is C3H11NO3P+. The van der Waals surface area contributed by atoms with Crippen LogP contribution in [-0.2, 0) is 13.6 Å². The Hall–Kier alpha value is 0.270. The number of nitrogens with two attached hydrogens (primary N) is 1. The average molecular weight is 140 g/mol. The fourth-order valence-electron chi connectivity index (χ4n) is 0.224. The first kappa shape index (κ1) is 8.27. The summed E-state index contributed by atoms with van der Waals surface area (Å²) in [4.78, 5) is 0. The molecule has 2 N–H and O–H groups in total. The Balaban J connectivity index is 3.58. The second-order valence-electron chi connectivity index (χ2n) is 1.09. The van der Waals surface area contributed by atoms with Gasteiger partial charge >= 0.3 is 8.09 Å². The summed E-state index contributed by atoms with van der Waals surface area (Å²) in [5, 5.41) is 0. The van der Waals surface area contributed by atoms with Crippen LogP contribution in [0, 0.1) is 0 Å². The van der Waals surface area contributed by atoms with Gasteiger partial charge in [0.1, 0.15) is 0 Å². The van der Waals surface area contributed by atoms with E-state index in [1.54, 1.807) is 0 Å². The second-order valence-corrected chi connectivity index (χ2v) is 3.26. The summed E-state index contributed by atoms with van der Waals surface area (Å²) in [6.07, 6.45) is 0. The molecule has 0 atom stereocenters.